The molecule has 3 aromatic heterocycles. The molecule has 3 heterocycles. The maximum absolute atomic E-state index is 4.68. The minimum Gasteiger partial charge on any atom is -0.354 e. The monoisotopic (exact) mass is 285 g/mol. The maximum atomic E-state index is 4.68. The zero-order valence-corrected chi connectivity index (χ0v) is 12.0. The highest BCUT2D eigenvalue weighted by atomic mass is 32.1. The van der Waals surface area contributed by atoms with Gasteiger partial charge >= 0.3 is 0 Å². The van der Waals surface area contributed by atoms with Gasteiger partial charge in [-0.15, -0.1) is 11.3 Å². The highest BCUT2D eigenvalue weighted by Gasteiger charge is 2.26. The zero-order chi connectivity index (χ0) is 13.5. The predicted molar refractivity (Wildman–Crippen MR) is 80.7 cm³/mol. The van der Waals surface area contributed by atoms with E-state index in [1.807, 2.05) is 23.2 Å². The molecule has 0 atom stereocenters. The van der Waals surface area contributed by atoms with Gasteiger partial charge in [0.1, 0.15) is 4.83 Å². The van der Waals surface area contributed by atoms with E-state index in [-0.39, 0.29) is 0 Å². The van der Waals surface area contributed by atoms with Crippen LogP contribution in [0.1, 0.15) is 31.4 Å². The van der Waals surface area contributed by atoms with Crippen LogP contribution in [0.5, 0.6) is 0 Å². The van der Waals surface area contributed by atoms with E-state index in [0.717, 1.165) is 22.6 Å². The Labute approximate surface area is 120 Å². The van der Waals surface area contributed by atoms with E-state index in [1.54, 1.807) is 11.3 Å². The molecule has 5 nitrogen and oxygen atoms in total. The van der Waals surface area contributed by atoms with Crippen molar-refractivity contribution >= 4 is 27.5 Å². The van der Waals surface area contributed by atoms with Gasteiger partial charge in [-0.25, -0.2) is 9.67 Å². The second-order valence-electron chi connectivity index (χ2n) is 5.00. The van der Waals surface area contributed by atoms with Crippen molar-refractivity contribution in [2.45, 2.75) is 25.7 Å². The average molecular weight is 285 g/mol. The van der Waals surface area contributed by atoms with Gasteiger partial charge in [-0.3, -0.25) is 0 Å². The van der Waals surface area contributed by atoms with Gasteiger partial charge in [0.25, 0.3) is 0 Å². The lowest BCUT2D eigenvalue weighted by atomic mass is 10.3. The lowest BCUT2D eigenvalue weighted by molar-refractivity contribution is 0.817. The summed E-state index contributed by atoms with van der Waals surface area (Å²) in [7, 11) is 0. The van der Waals surface area contributed by atoms with Gasteiger partial charge in [-0.1, -0.05) is 0 Å². The third kappa shape index (κ3) is 1.96. The van der Waals surface area contributed by atoms with E-state index in [2.05, 4.69) is 32.5 Å². The molecule has 102 valence electrons. The van der Waals surface area contributed by atoms with Crippen molar-refractivity contribution in [1.82, 2.24) is 19.7 Å². The summed E-state index contributed by atoms with van der Waals surface area (Å²) in [6.45, 7) is 2.85. The Morgan fingerprint density at radius 2 is 2.25 bits per heavy atom. The summed E-state index contributed by atoms with van der Waals surface area (Å²) >= 11 is 1.63. The number of hydrogen-bond donors (Lipinski definition) is 1. The number of nitrogens with one attached hydrogen (secondary N) is 1. The Balaban J connectivity index is 1.84. The van der Waals surface area contributed by atoms with Crippen LogP contribution in [0, 0.1) is 0 Å². The van der Waals surface area contributed by atoms with Crippen molar-refractivity contribution in [1.29, 1.82) is 0 Å². The summed E-state index contributed by atoms with van der Waals surface area (Å²) in [6.07, 6.45) is 4.53. The molecule has 1 aliphatic carbocycles. The standard InChI is InChI=1S/C14H15N5S/c1-2-15-14-16-12(10-6-8-20-13(10)17-14)19-7-5-11(18-19)9-3-4-9/h5-9H,2-4H2,1H3,(H,15,16,17). The molecular formula is C14H15N5S. The van der Waals surface area contributed by atoms with Crippen LogP contribution in [0.2, 0.25) is 0 Å². The first-order chi connectivity index (χ1) is 9.85. The Kier molecular flexibility index (Phi) is 2.70. The highest BCUT2D eigenvalue weighted by Crippen LogP contribution is 2.39. The van der Waals surface area contributed by atoms with Crippen LogP contribution in [-0.4, -0.2) is 26.3 Å². The second-order valence-corrected chi connectivity index (χ2v) is 5.89. The normalized spacial score (nSPS) is 14.8. The largest absolute Gasteiger partial charge is 0.354 e. The number of hydrogen-bond acceptors (Lipinski definition) is 5. The first-order valence-electron chi connectivity index (χ1n) is 6.90. The number of fused-ring (bicyclic) bond motifs is 1. The van der Waals surface area contributed by atoms with Crippen LogP contribution in [-0.2, 0) is 0 Å². The lowest BCUT2D eigenvalue weighted by Crippen LogP contribution is -2.06. The smallest absolute Gasteiger partial charge is 0.226 e. The lowest BCUT2D eigenvalue weighted by Gasteiger charge is -2.06. The van der Waals surface area contributed by atoms with Crippen molar-refractivity contribution in [3.63, 3.8) is 0 Å². The summed E-state index contributed by atoms with van der Waals surface area (Å²) in [4.78, 5) is 10.1. The molecule has 0 spiro atoms. The number of nitrogens with zero attached hydrogens (tertiary/aromatic N) is 4. The molecule has 20 heavy (non-hydrogen) atoms. The molecule has 0 amide bonds. The average Bonchev–Trinajstić information content (AvgIpc) is 3.01. The molecule has 3 aromatic rings. The fourth-order valence-corrected chi connectivity index (χ4v) is 3.06. The van der Waals surface area contributed by atoms with E-state index >= 15 is 0 Å². The summed E-state index contributed by atoms with van der Waals surface area (Å²) in [5.41, 5.74) is 1.18. The molecule has 4 rings (SSSR count). The van der Waals surface area contributed by atoms with Crippen LogP contribution in [0.25, 0.3) is 16.0 Å². The summed E-state index contributed by atoms with van der Waals surface area (Å²) in [6, 6.07) is 4.16. The van der Waals surface area contributed by atoms with Crippen LogP contribution in [0.4, 0.5) is 5.95 Å². The van der Waals surface area contributed by atoms with Gasteiger partial charge < -0.3 is 5.32 Å². The molecule has 1 aliphatic rings. The summed E-state index contributed by atoms with van der Waals surface area (Å²) < 4.78 is 1.88. The van der Waals surface area contributed by atoms with Crippen LogP contribution >= 0.6 is 11.3 Å². The van der Waals surface area contributed by atoms with Gasteiger partial charge in [0.2, 0.25) is 5.95 Å². The third-order valence-electron chi connectivity index (χ3n) is 3.46. The van der Waals surface area contributed by atoms with Crippen molar-refractivity contribution in [2.24, 2.45) is 0 Å². The third-order valence-corrected chi connectivity index (χ3v) is 4.27. The van der Waals surface area contributed by atoms with Crippen molar-refractivity contribution < 1.29 is 0 Å². The Morgan fingerprint density at radius 3 is 3.05 bits per heavy atom. The number of anilines is 1. The van der Waals surface area contributed by atoms with E-state index in [4.69, 9.17) is 0 Å². The Hall–Kier alpha value is -1.95. The van der Waals surface area contributed by atoms with Crippen LogP contribution < -0.4 is 5.32 Å². The van der Waals surface area contributed by atoms with Crippen LogP contribution in [0.15, 0.2) is 23.7 Å². The van der Waals surface area contributed by atoms with E-state index < -0.39 is 0 Å². The number of aromatic nitrogens is 4. The van der Waals surface area contributed by atoms with Gasteiger partial charge in [-0.05, 0) is 37.3 Å². The fourth-order valence-electron chi connectivity index (χ4n) is 2.30. The maximum Gasteiger partial charge on any atom is 0.226 e. The SMILES string of the molecule is CCNc1nc(-n2ccc(C3CC3)n2)c2ccsc2n1. The molecular weight excluding hydrogens is 270 g/mol. The van der Waals surface area contributed by atoms with Crippen molar-refractivity contribution in [3.8, 4) is 5.82 Å². The van der Waals surface area contributed by atoms with Gasteiger partial charge in [0.05, 0.1) is 11.1 Å². The first-order valence-corrected chi connectivity index (χ1v) is 7.78. The second kappa shape index (κ2) is 4.56. The van der Waals surface area contributed by atoms with E-state index in [9.17, 15) is 0 Å². The van der Waals surface area contributed by atoms with Crippen molar-refractivity contribution in [2.75, 3.05) is 11.9 Å². The highest BCUT2D eigenvalue weighted by molar-refractivity contribution is 7.16. The van der Waals surface area contributed by atoms with Gasteiger partial charge in [0.15, 0.2) is 5.82 Å². The summed E-state index contributed by atoms with van der Waals surface area (Å²) in [5.74, 6) is 2.18. The Morgan fingerprint density at radius 1 is 1.35 bits per heavy atom. The topological polar surface area (TPSA) is 55.6 Å². The minimum atomic E-state index is 0.657. The van der Waals surface area contributed by atoms with E-state index in [1.165, 1.54) is 18.5 Å². The molecule has 0 unspecified atom stereocenters. The molecule has 0 saturated heterocycles. The Bertz CT molecular complexity index is 756. The zero-order valence-electron chi connectivity index (χ0n) is 11.2. The van der Waals surface area contributed by atoms with Crippen molar-refractivity contribution in [3.05, 3.63) is 29.4 Å². The summed E-state index contributed by atoms with van der Waals surface area (Å²) in [5, 5.41) is 11.0. The minimum absolute atomic E-state index is 0.657. The van der Waals surface area contributed by atoms with Gasteiger partial charge in [-0.2, -0.15) is 10.1 Å². The molecule has 1 fully saturated rings. The molecule has 0 aliphatic heterocycles. The molecule has 6 heteroatoms. The first kappa shape index (κ1) is 11.8. The fraction of sp³-hybridized carbons (Fsp3) is 0.357. The van der Waals surface area contributed by atoms with Gasteiger partial charge in [0, 0.05) is 18.7 Å². The molecule has 1 saturated carbocycles. The number of thiophene rings is 1. The molecule has 0 aromatic carbocycles. The molecule has 1 N–H and O–H groups in total. The quantitative estimate of drug-likeness (QED) is 0.800. The van der Waals surface area contributed by atoms with E-state index in [0.29, 0.717) is 11.9 Å². The number of rotatable bonds is 4. The predicted octanol–water partition coefficient (Wildman–Crippen LogP) is 3.19. The molecule has 0 radical (unpaired) electrons. The molecule has 0 bridgehead atoms. The van der Waals surface area contributed by atoms with Crippen LogP contribution in [0.3, 0.4) is 0 Å².